The molecule has 0 nitrogen and oxygen atoms in total. The molecule has 1 aromatic rings. The van der Waals surface area contributed by atoms with Crippen molar-refractivity contribution < 1.29 is 17.3 Å². The van der Waals surface area contributed by atoms with Gasteiger partial charge in [-0.3, -0.25) is 0 Å². The Balaban J connectivity index is 2.60. The molecule has 0 aliphatic carbocycles. The van der Waals surface area contributed by atoms with Crippen LogP contribution in [0.15, 0.2) is 24.3 Å². The second-order valence-corrected chi connectivity index (χ2v) is 2.84. The van der Waals surface area contributed by atoms with Gasteiger partial charge in [0.05, 0.1) is 0 Å². The molecule has 72 valence electrons. The molecule has 0 spiro atoms. The lowest BCUT2D eigenvalue weighted by molar-refractivity contribution is 0.466. The fourth-order valence-corrected chi connectivity index (χ4v) is 1.02. The Morgan fingerprint density at radius 3 is 2.23 bits per heavy atom. The summed E-state index contributed by atoms with van der Waals surface area (Å²) in [6, 6.07) is 5.52. The Morgan fingerprint density at radius 1 is 1.08 bits per heavy atom. The summed E-state index contributed by atoms with van der Waals surface area (Å²) in [4.78, 5) is 0. The Morgan fingerprint density at radius 2 is 1.69 bits per heavy atom. The van der Waals surface area contributed by atoms with Crippen LogP contribution in [0.4, 0.5) is 17.3 Å². The van der Waals surface area contributed by atoms with Gasteiger partial charge in [-0.05, 0) is 18.1 Å². The zero-order valence-electron chi connectivity index (χ0n) is 6.81. The summed E-state index contributed by atoms with van der Waals surface area (Å²) >= 11 is 0. The molecule has 0 aliphatic heterocycles. The van der Waals surface area contributed by atoms with Gasteiger partial charge in [0.25, 0.3) is 0 Å². The zero-order chi connectivity index (χ0) is 9.90. The Bertz CT molecular complexity index is 282. The number of hydrogen-bond donors (Lipinski definition) is 0. The van der Waals surface area contributed by atoms with Crippen molar-refractivity contribution in [3.05, 3.63) is 35.6 Å². The second-order valence-electron chi connectivity index (χ2n) is 2.84. The molecule has 0 radical (unpaired) electrons. The molecule has 0 heterocycles. The van der Waals surface area contributed by atoms with Gasteiger partial charge >= 0.3 is 6.98 Å². The lowest BCUT2D eigenvalue weighted by Crippen LogP contribution is -2.15. The van der Waals surface area contributed by atoms with Gasteiger partial charge in [0, 0.05) is 0 Å². The first-order valence-corrected chi connectivity index (χ1v) is 3.93. The van der Waals surface area contributed by atoms with E-state index in [1.165, 1.54) is 24.3 Å². The van der Waals surface area contributed by atoms with E-state index < -0.39 is 19.1 Å². The minimum atomic E-state index is -4.81. The Labute approximate surface area is 73.6 Å². The maximum atomic E-state index is 12.8. The normalized spacial score (nSPS) is 11.7. The van der Waals surface area contributed by atoms with Gasteiger partial charge in [0.15, 0.2) is 0 Å². The summed E-state index contributed by atoms with van der Waals surface area (Å²) in [5, 5.41) is 0. The molecular weight excluding hydrogens is 183 g/mol. The third-order valence-electron chi connectivity index (χ3n) is 1.70. The van der Waals surface area contributed by atoms with Gasteiger partial charge < -0.3 is 12.9 Å². The lowest BCUT2D eigenvalue weighted by Gasteiger charge is -2.12. The summed E-state index contributed by atoms with van der Waals surface area (Å²) in [5.74, 6) is -0.567. The van der Waals surface area contributed by atoms with Gasteiger partial charge in [0.1, 0.15) is 5.82 Å². The van der Waals surface area contributed by atoms with Crippen molar-refractivity contribution in [3.63, 3.8) is 0 Å². The minimum absolute atomic E-state index is 0.127. The second kappa shape index (κ2) is 3.81. The number of rotatable bonds is 3. The van der Waals surface area contributed by atoms with Gasteiger partial charge in [-0.25, -0.2) is 4.39 Å². The van der Waals surface area contributed by atoms with Crippen LogP contribution in [-0.2, 0) is 6.42 Å². The highest BCUT2D eigenvalue weighted by molar-refractivity contribution is 6.58. The summed E-state index contributed by atoms with van der Waals surface area (Å²) in [6.07, 6.45) is -1.18. The number of benzene rings is 1. The Kier molecular flexibility index (Phi) is 2.96. The van der Waals surface area contributed by atoms with Gasteiger partial charge in [0.2, 0.25) is 0 Å². The van der Waals surface area contributed by atoms with Gasteiger partial charge in [-0.15, -0.1) is 0 Å². The molecule has 0 aliphatic rings. The van der Waals surface area contributed by atoms with Crippen molar-refractivity contribution in [1.29, 1.82) is 0 Å². The molecule has 0 atom stereocenters. The van der Waals surface area contributed by atoms with Crippen LogP contribution in [0.25, 0.3) is 0 Å². The summed E-state index contributed by atoms with van der Waals surface area (Å²) < 4.78 is 48.2. The van der Waals surface area contributed by atoms with Gasteiger partial charge in [-0.2, -0.15) is 0 Å². The maximum absolute atomic E-state index is 12.8. The molecule has 0 amide bonds. The van der Waals surface area contributed by atoms with E-state index in [-0.39, 0.29) is 12.0 Å². The molecule has 0 bridgehead atoms. The van der Waals surface area contributed by atoms with E-state index in [2.05, 4.69) is 0 Å². The average molecular weight is 191 g/mol. The number of hydrogen-bond acceptors (Lipinski definition) is 0. The topological polar surface area (TPSA) is 0 Å². The minimum Gasteiger partial charge on any atom is -0.449 e. The van der Waals surface area contributed by atoms with Crippen LogP contribution in [0, 0.1) is 5.82 Å². The van der Waals surface area contributed by atoms with Crippen LogP contribution >= 0.6 is 0 Å². The lowest BCUT2D eigenvalue weighted by atomic mass is 9.82. The molecule has 1 rings (SSSR count). The summed E-state index contributed by atoms with van der Waals surface area (Å²) in [7, 11) is 0. The SMILES string of the molecule is Fc1ccccc1CC[B-](F)(F)F. The van der Waals surface area contributed by atoms with Gasteiger partial charge in [-0.1, -0.05) is 24.5 Å². The van der Waals surface area contributed by atoms with E-state index in [0.717, 1.165) is 0 Å². The van der Waals surface area contributed by atoms with E-state index in [1.54, 1.807) is 0 Å². The van der Waals surface area contributed by atoms with Crippen LogP contribution < -0.4 is 0 Å². The largest absolute Gasteiger partial charge is 0.478 e. The first-order valence-electron chi connectivity index (χ1n) is 3.93. The Hall–Kier alpha value is -0.995. The van der Waals surface area contributed by atoms with E-state index in [0.29, 0.717) is 0 Å². The van der Waals surface area contributed by atoms with Crippen LogP contribution in [-0.4, -0.2) is 6.98 Å². The van der Waals surface area contributed by atoms with E-state index in [1.807, 2.05) is 0 Å². The van der Waals surface area contributed by atoms with Crippen molar-refractivity contribution in [3.8, 4) is 0 Å². The highest BCUT2D eigenvalue weighted by atomic mass is 19.4. The van der Waals surface area contributed by atoms with Crippen LogP contribution in [0.2, 0.25) is 6.32 Å². The maximum Gasteiger partial charge on any atom is 0.478 e. The fraction of sp³-hybridized carbons (Fsp3) is 0.250. The third-order valence-corrected chi connectivity index (χ3v) is 1.70. The van der Waals surface area contributed by atoms with Crippen molar-refractivity contribution in [2.45, 2.75) is 12.7 Å². The van der Waals surface area contributed by atoms with Crippen LogP contribution in [0.3, 0.4) is 0 Å². The summed E-state index contributed by atoms with van der Waals surface area (Å²) in [5.41, 5.74) is 0.127. The van der Waals surface area contributed by atoms with Crippen molar-refractivity contribution in [2.24, 2.45) is 0 Å². The molecule has 1 aromatic carbocycles. The molecule has 0 fully saturated rings. The predicted molar refractivity (Wildman–Crippen MR) is 44.0 cm³/mol. The third kappa shape index (κ3) is 3.48. The molecular formula is C8H8BF4-. The standard InChI is InChI=1S/C8H8BF4/c10-8-4-2-1-3-7(8)5-6-9(11,12)13/h1-4H,5-6H2/q-1. The first kappa shape index (κ1) is 10.1. The quantitative estimate of drug-likeness (QED) is 0.508. The summed E-state index contributed by atoms with van der Waals surface area (Å²) in [6.45, 7) is -4.81. The van der Waals surface area contributed by atoms with Crippen LogP contribution in [0.5, 0.6) is 0 Å². The smallest absolute Gasteiger partial charge is 0.449 e. The predicted octanol–water partition coefficient (Wildman–Crippen LogP) is 3.22. The van der Waals surface area contributed by atoms with Crippen LogP contribution in [0.1, 0.15) is 5.56 Å². The zero-order valence-corrected chi connectivity index (χ0v) is 6.81. The fourth-order valence-electron chi connectivity index (χ4n) is 1.02. The molecule has 0 unspecified atom stereocenters. The molecule has 13 heavy (non-hydrogen) atoms. The molecule has 0 saturated carbocycles. The molecule has 0 N–H and O–H groups in total. The molecule has 5 heteroatoms. The first-order chi connectivity index (χ1) is 5.99. The van der Waals surface area contributed by atoms with E-state index in [4.69, 9.17) is 0 Å². The molecule has 0 saturated heterocycles. The molecule has 0 aromatic heterocycles. The van der Waals surface area contributed by atoms with E-state index >= 15 is 0 Å². The van der Waals surface area contributed by atoms with E-state index in [9.17, 15) is 17.3 Å². The van der Waals surface area contributed by atoms with Crippen molar-refractivity contribution in [1.82, 2.24) is 0 Å². The van der Waals surface area contributed by atoms with Crippen molar-refractivity contribution in [2.75, 3.05) is 0 Å². The monoisotopic (exact) mass is 191 g/mol. The van der Waals surface area contributed by atoms with Crippen molar-refractivity contribution >= 4 is 6.98 Å². The average Bonchev–Trinajstić information content (AvgIpc) is 2.01. The number of halogens is 4. The highest BCUT2D eigenvalue weighted by Gasteiger charge is 2.22. The highest BCUT2D eigenvalue weighted by Crippen LogP contribution is 2.19. The number of aryl methyl sites for hydroxylation is 1.